The van der Waals surface area contributed by atoms with Crippen molar-refractivity contribution in [3.05, 3.63) is 35.9 Å². The molecule has 0 saturated carbocycles. The van der Waals surface area contributed by atoms with Gasteiger partial charge in [0.1, 0.15) is 0 Å². The Bertz CT molecular complexity index is 255. The Morgan fingerprint density at radius 3 is 2.69 bits per heavy atom. The monoisotopic (exact) mass is 175 g/mol. The molecule has 0 aliphatic carbocycles. The molecule has 0 unspecified atom stereocenters. The van der Waals surface area contributed by atoms with Crippen molar-refractivity contribution in [3.63, 3.8) is 0 Å². The third kappa shape index (κ3) is 2.31. The molecule has 1 aromatic rings. The standard InChI is InChI=1S/C12H17N/c1-11-7-8-13(9-11)10-12-5-3-2-4-6-12/h2-6,11H,7-10H2,1H3/t11-/m1/s1. The van der Waals surface area contributed by atoms with E-state index in [4.69, 9.17) is 0 Å². The SMILES string of the molecule is C[C@@H]1CCN(Cc2ccccc2)C1. The molecule has 0 spiro atoms. The van der Waals surface area contributed by atoms with Crippen LogP contribution in [0.25, 0.3) is 0 Å². The van der Waals surface area contributed by atoms with E-state index in [-0.39, 0.29) is 0 Å². The fraction of sp³-hybridized carbons (Fsp3) is 0.500. The Labute approximate surface area is 80.4 Å². The van der Waals surface area contributed by atoms with E-state index >= 15 is 0 Å². The molecular weight excluding hydrogens is 158 g/mol. The van der Waals surface area contributed by atoms with E-state index in [9.17, 15) is 0 Å². The predicted octanol–water partition coefficient (Wildman–Crippen LogP) is 2.53. The van der Waals surface area contributed by atoms with Crippen LogP contribution in [0.3, 0.4) is 0 Å². The van der Waals surface area contributed by atoms with E-state index in [0.717, 1.165) is 12.5 Å². The van der Waals surface area contributed by atoms with Crippen LogP contribution >= 0.6 is 0 Å². The molecule has 0 amide bonds. The molecule has 2 rings (SSSR count). The predicted molar refractivity (Wildman–Crippen MR) is 55.5 cm³/mol. The highest BCUT2D eigenvalue weighted by Crippen LogP contribution is 2.17. The van der Waals surface area contributed by atoms with Gasteiger partial charge in [-0.25, -0.2) is 0 Å². The first-order valence-corrected chi connectivity index (χ1v) is 5.11. The van der Waals surface area contributed by atoms with Gasteiger partial charge in [-0.15, -0.1) is 0 Å². The highest BCUT2D eigenvalue weighted by Gasteiger charge is 2.17. The zero-order valence-corrected chi connectivity index (χ0v) is 8.24. The molecule has 1 aliphatic rings. The van der Waals surface area contributed by atoms with Gasteiger partial charge in [-0.2, -0.15) is 0 Å². The number of hydrogen-bond acceptors (Lipinski definition) is 1. The fourth-order valence-corrected chi connectivity index (χ4v) is 2.01. The van der Waals surface area contributed by atoms with Crippen molar-refractivity contribution in [1.82, 2.24) is 4.90 Å². The quantitative estimate of drug-likeness (QED) is 0.667. The lowest BCUT2D eigenvalue weighted by Crippen LogP contribution is -2.19. The van der Waals surface area contributed by atoms with Crippen LogP contribution in [0.4, 0.5) is 0 Å². The molecule has 13 heavy (non-hydrogen) atoms. The van der Waals surface area contributed by atoms with Crippen molar-refractivity contribution in [2.45, 2.75) is 19.9 Å². The van der Waals surface area contributed by atoms with E-state index in [1.807, 2.05) is 0 Å². The molecule has 1 nitrogen and oxygen atoms in total. The van der Waals surface area contributed by atoms with E-state index < -0.39 is 0 Å². The molecule has 0 bridgehead atoms. The minimum Gasteiger partial charge on any atom is -0.299 e. The van der Waals surface area contributed by atoms with Gasteiger partial charge >= 0.3 is 0 Å². The maximum atomic E-state index is 2.54. The number of benzene rings is 1. The number of rotatable bonds is 2. The van der Waals surface area contributed by atoms with Crippen molar-refractivity contribution in [2.24, 2.45) is 5.92 Å². The second-order valence-corrected chi connectivity index (χ2v) is 4.11. The summed E-state index contributed by atoms with van der Waals surface area (Å²) >= 11 is 0. The summed E-state index contributed by atoms with van der Waals surface area (Å²) in [5.74, 6) is 0.892. The maximum Gasteiger partial charge on any atom is 0.0233 e. The Morgan fingerprint density at radius 2 is 2.08 bits per heavy atom. The topological polar surface area (TPSA) is 3.24 Å². The van der Waals surface area contributed by atoms with Crippen molar-refractivity contribution in [1.29, 1.82) is 0 Å². The molecule has 1 fully saturated rings. The van der Waals surface area contributed by atoms with Crippen LogP contribution in [0.5, 0.6) is 0 Å². The van der Waals surface area contributed by atoms with Crippen LogP contribution in [0.1, 0.15) is 18.9 Å². The summed E-state index contributed by atoms with van der Waals surface area (Å²) in [6.45, 7) is 6.02. The second kappa shape index (κ2) is 3.93. The molecule has 1 heteroatoms. The molecule has 0 aromatic heterocycles. The van der Waals surface area contributed by atoms with Gasteiger partial charge in [0.25, 0.3) is 0 Å². The molecule has 1 atom stereocenters. The summed E-state index contributed by atoms with van der Waals surface area (Å²) in [5, 5.41) is 0. The third-order valence-corrected chi connectivity index (χ3v) is 2.76. The van der Waals surface area contributed by atoms with Gasteiger partial charge in [-0.05, 0) is 24.4 Å². The van der Waals surface area contributed by atoms with Crippen molar-refractivity contribution in [2.75, 3.05) is 13.1 Å². The van der Waals surface area contributed by atoms with Crippen LogP contribution in [0.2, 0.25) is 0 Å². The zero-order valence-electron chi connectivity index (χ0n) is 8.24. The lowest BCUT2D eigenvalue weighted by Gasteiger charge is -2.14. The van der Waals surface area contributed by atoms with Crippen LogP contribution < -0.4 is 0 Å². The Morgan fingerprint density at radius 1 is 1.31 bits per heavy atom. The number of hydrogen-bond donors (Lipinski definition) is 0. The van der Waals surface area contributed by atoms with E-state index in [1.54, 1.807) is 0 Å². The first-order chi connectivity index (χ1) is 6.34. The normalized spacial score (nSPS) is 23.6. The van der Waals surface area contributed by atoms with Crippen molar-refractivity contribution in [3.8, 4) is 0 Å². The van der Waals surface area contributed by atoms with Crippen molar-refractivity contribution >= 4 is 0 Å². The minimum atomic E-state index is 0.892. The molecule has 0 radical (unpaired) electrons. The summed E-state index contributed by atoms with van der Waals surface area (Å²) in [6, 6.07) is 10.7. The zero-order chi connectivity index (χ0) is 9.10. The lowest BCUT2D eigenvalue weighted by atomic mass is 10.2. The van der Waals surface area contributed by atoms with Crippen molar-refractivity contribution < 1.29 is 0 Å². The Balaban J connectivity index is 1.92. The third-order valence-electron chi connectivity index (χ3n) is 2.76. The minimum absolute atomic E-state index is 0.892. The molecule has 70 valence electrons. The van der Waals surface area contributed by atoms with E-state index in [2.05, 4.69) is 42.2 Å². The number of likely N-dealkylation sites (tertiary alicyclic amines) is 1. The largest absolute Gasteiger partial charge is 0.299 e. The highest BCUT2D eigenvalue weighted by molar-refractivity contribution is 5.14. The number of nitrogens with zero attached hydrogens (tertiary/aromatic N) is 1. The van der Waals surface area contributed by atoms with E-state index in [1.165, 1.54) is 25.1 Å². The van der Waals surface area contributed by atoms with Gasteiger partial charge in [-0.3, -0.25) is 4.90 Å². The molecule has 1 heterocycles. The van der Waals surface area contributed by atoms with Crippen LogP contribution in [0, 0.1) is 5.92 Å². The fourth-order valence-electron chi connectivity index (χ4n) is 2.01. The van der Waals surface area contributed by atoms with Gasteiger partial charge in [0.2, 0.25) is 0 Å². The first kappa shape index (κ1) is 8.76. The highest BCUT2D eigenvalue weighted by atomic mass is 15.1. The summed E-state index contributed by atoms with van der Waals surface area (Å²) in [4.78, 5) is 2.54. The smallest absolute Gasteiger partial charge is 0.0233 e. The van der Waals surface area contributed by atoms with Gasteiger partial charge in [0, 0.05) is 13.1 Å². The molecule has 0 N–H and O–H groups in total. The summed E-state index contributed by atoms with van der Waals surface area (Å²) < 4.78 is 0. The average molecular weight is 175 g/mol. The van der Waals surface area contributed by atoms with E-state index in [0.29, 0.717) is 0 Å². The lowest BCUT2D eigenvalue weighted by molar-refractivity contribution is 0.320. The summed E-state index contributed by atoms with van der Waals surface area (Å²) in [5.41, 5.74) is 1.44. The Kier molecular flexibility index (Phi) is 2.65. The molecule has 1 aromatic carbocycles. The van der Waals surface area contributed by atoms with Gasteiger partial charge in [-0.1, -0.05) is 37.3 Å². The first-order valence-electron chi connectivity index (χ1n) is 5.11. The van der Waals surface area contributed by atoms with Gasteiger partial charge < -0.3 is 0 Å². The van der Waals surface area contributed by atoms with Crippen LogP contribution in [0.15, 0.2) is 30.3 Å². The van der Waals surface area contributed by atoms with Gasteiger partial charge in [0.15, 0.2) is 0 Å². The summed E-state index contributed by atoms with van der Waals surface area (Å²) in [7, 11) is 0. The summed E-state index contributed by atoms with van der Waals surface area (Å²) in [6.07, 6.45) is 1.37. The Hall–Kier alpha value is -0.820. The van der Waals surface area contributed by atoms with Crippen LogP contribution in [-0.4, -0.2) is 18.0 Å². The second-order valence-electron chi connectivity index (χ2n) is 4.11. The van der Waals surface area contributed by atoms with Crippen LogP contribution in [-0.2, 0) is 6.54 Å². The maximum absolute atomic E-state index is 2.54. The molecule has 1 aliphatic heterocycles. The molecular formula is C12H17N. The average Bonchev–Trinajstić information content (AvgIpc) is 2.53. The van der Waals surface area contributed by atoms with Gasteiger partial charge in [0.05, 0.1) is 0 Å². The molecule has 1 saturated heterocycles.